The van der Waals surface area contributed by atoms with Gasteiger partial charge in [0.25, 0.3) is 0 Å². The summed E-state index contributed by atoms with van der Waals surface area (Å²) in [5.74, 6) is 0. The van der Waals surface area contributed by atoms with Gasteiger partial charge in [-0.3, -0.25) is 4.98 Å². The zero-order valence-corrected chi connectivity index (χ0v) is 14.2. The summed E-state index contributed by atoms with van der Waals surface area (Å²) in [6, 6.07) is 14.4. The SMILES string of the molecule is Cc1cc(Br)cc(CNc2ccc3nc(C)cc(N)c3c2)c1. The third-order valence-electron chi connectivity index (χ3n) is 3.57. The lowest BCUT2D eigenvalue weighted by Gasteiger charge is -2.10. The number of hydrogen-bond donors (Lipinski definition) is 2. The molecule has 0 aliphatic carbocycles. The van der Waals surface area contributed by atoms with Crippen LogP contribution < -0.4 is 11.1 Å². The highest BCUT2D eigenvalue weighted by atomic mass is 79.9. The molecular formula is C18H18BrN3. The molecule has 3 aromatic rings. The van der Waals surface area contributed by atoms with Crippen molar-refractivity contribution in [2.24, 2.45) is 0 Å². The molecule has 112 valence electrons. The van der Waals surface area contributed by atoms with Gasteiger partial charge in [0, 0.05) is 33.5 Å². The minimum absolute atomic E-state index is 0.768. The maximum absolute atomic E-state index is 6.10. The molecule has 2 aromatic carbocycles. The number of aryl methyl sites for hydroxylation is 2. The zero-order valence-electron chi connectivity index (χ0n) is 12.7. The Morgan fingerprint density at radius 2 is 1.91 bits per heavy atom. The van der Waals surface area contributed by atoms with Crippen LogP contribution in [0.5, 0.6) is 0 Å². The van der Waals surface area contributed by atoms with Crippen molar-refractivity contribution >= 4 is 38.2 Å². The van der Waals surface area contributed by atoms with E-state index < -0.39 is 0 Å². The number of nitrogens with two attached hydrogens (primary N) is 1. The van der Waals surface area contributed by atoms with Crippen LogP contribution in [-0.4, -0.2) is 4.98 Å². The lowest BCUT2D eigenvalue weighted by atomic mass is 10.1. The van der Waals surface area contributed by atoms with E-state index in [1.165, 1.54) is 11.1 Å². The summed E-state index contributed by atoms with van der Waals surface area (Å²) in [5.41, 5.74) is 12.3. The lowest BCUT2D eigenvalue weighted by Crippen LogP contribution is -2.00. The minimum Gasteiger partial charge on any atom is -0.398 e. The lowest BCUT2D eigenvalue weighted by molar-refractivity contribution is 1.14. The fourth-order valence-corrected chi connectivity index (χ4v) is 3.27. The molecule has 0 radical (unpaired) electrons. The average molecular weight is 356 g/mol. The summed E-state index contributed by atoms with van der Waals surface area (Å²) in [7, 11) is 0. The van der Waals surface area contributed by atoms with Crippen molar-refractivity contribution in [1.82, 2.24) is 4.98 Å². The van der Waals surface area contributed by atoms with Gasteiger partial charge in [0.1, 0.15) is 0 Å². The zero-order chi connectivity index (χ0) is 15.7. The Morgan fingerprint density at radius 3 is 2.68 bits per heavy atom. The number of hydrogen-bond acceptors (Lipinski definition) is 3. The van der Waals surface area contributed by atoms with E-state index >= 15 is 0 Å². The Kier molecular flexibility index (Phi) is 4.03. The van der Waals surface area contributed by atoms with Gasteiger partial charge in [0.2, 0.25) is 0 Å². The summed E-state index contributed by atoms with van der Waals surface area (Å²) in [5, 5.41) is 4.43. The van der Waals surface area contributed by atoms with E-state index in [2.05, 4.69) is 57.4 Å². The number of nitrogens with zero attached hydrogens (tertiary/aromatic N) is 1. The molecule has 0 saturated heterocycles. The van der Waals surface area contributed by atoms with Gasteiger partial charge in [-0.05, 0) is 61.4 Å². The summed E-state index contributed by atoms with van der Waals surface area (Å²) in [6.45, 7) is 4.82. The molecule has 1 heterocycles. The topological polar surface area (TPSA) is 50.9 Å². The fourth-order valence-electron chi connectivity index (χ4n) is 2.62. The monoisotopic (exact) mass is 355 g/mol. The highest BCUT2D eigenvalue weighted by Gasteiger charge is 2.03. The molecule has 0 unspecified atom stereocenters. The van der Waals surface area contributed by atoms with Gasteiger partial charge in [-0.2, -0.15) is 0 Å². The Balaban J connectivity index is 1.85. The Hall–Kier alpha value is -2.07. The van der Waals surface area contributed by atoms with Crippen LogP contribution >= 0.6 is 15.9 Å². The molecule has 0 atom stereocenters. The molecule has 3 nitrogen and oxygen atoms in total. The number of nitrogen functional groups attached to an aromatic ring is 1. The number of nitrogens with one attached hydrogen (secondary N) is 1. The van der Waals surface area contributed by atoms with Crippen LogP contribution in [0, 0.1) is 13.8 Å². The molecule has 0 spiro atoms. The van der Waals surface area contributed by atoms with Gasteiger partial charge in [-0.1, -0.05) is 22.0 Å². The van der Waals surface area contributed by atoms with Gasteiger partial charge in [-0.15, -0.1) is 0 Å². The number of rotatable bonds is 3. The third kappa shape index (κ3) is 3.22. The van der Waals surface area contributed by atoms with E-state index in [1.54, 1.807) is 0 Å². The number of aromatic nitrogens is 1. The fraction of sp³-hybridized carbons (Fsp3) is 0.167. The number of anilines is 2. The van der Waals surface area contributed by atoms with Crippen molar-refractivity contribution in [2.75, 3.05) is 11.1 Å². The molecule has 1 aromatic heterocycles. The number of benzene rings is 2. The highest BCUT2D eigenvalue weighted by Crippen LogP contribution is 2.24. The molecule has 0 aliphatic rings. The van der Waals surface area contributed by atoms with Gasteiger partial charge < -0.3 is 11.1 Å². The minimum atomic E-state index is 0.768. The van der Waals surface area contributed by atoms with E-state index in [9.17, 15) is 0 Å². The predicted molar refractivity (Wildman–Crippen MR) is 97.1 cm³/mol. The van der Waals surface area contributed by atoms with Gasteiger partial charge in [-0.25, -0.2) is 0 Å². The Morgan fingerprint density at radius 1 is 1.09 bits per heavy atom. The maximum Gasteiger partial charge on any atom is 0.0727 e. The van der Waals surface area contributed by atoms with Gasteiger partial charge in [0.05, 0.1) is 5.52 Å². The van der Waals surface area contributed by atoms with E-state index in [0.29, 0.717) is 0 Å². The molecule has 4 heteroatoms. The van der Waals surface area contributed by atoms with E-state index in [0.717, 1.165) is 39.0 Å². The Bertz CT molecular complexity index is 823. The molecule has 0 aliphatic heterocycles. The first-order valence-electron chi connectivity index (χ1n) is 7.18. The van der Waals surface area contributed by atoms with E-state index in [-0.39, 0.29) is 0 Å². The van der Waals surface area contributed by atoms with Gasteiger partial charge in [0.15, 0.2) is 0 Å². The average Bonchev–Trinajstić information content (AvgIpc) is 2.44. The first kappa shape index (κ1) is 14.9. The second-order valence-corrected chi connectivity index (χ2v) is 6.49. The molecular weight excluding hydrogens is 338 g/mol. The maximum atomic E-state index is 6.10. The number of fused-ring (bicyclic) bond motifs is 1. The highest BCUT2D eigenvalue weighted by molar-refractivity contribution is 9.10. The van der Waals surface area contributed by atoms with E-state index in [1.807, 2.05) is 25.1 Å². The molecule has 0 bridgehead atoms. The molecule has 3 N–H and O–H groups in total. The standard InChI is InChI=1S/C18H18BrN3/c1-11-5-13(8-14(19)6-11)10-21-15-3-4-18-16(9-15)17(20)7-12(2)22-18/h3-9,21H,10H2,1-2H3,(H2,20,22). The van der Waals surface area contributed by atoms with Crippen molar-refractivity contribution in [3.8, 4) is 0 Å². The first-order valence-corrected chi connectivity index (χ1v) is 7.97. The van der Waals surface area contributed by atoms with Crippen LogP contribution in [0.2, 0.25) is 0 Å². The second kappa shape index (κ2) is 5.97. The van der Waals surface area contributed by atoms with Crippen molar-refractivity contribution in [3.63, 3.8) is 0 Å². The summed E-state index contributed by atoms with van der Waals surface area (Å²) < 4.78 is 1.10. The van der Waals surface area contributed by atoms with E-state index in [4.69, 9.17) is 5.73 Å². The quantitative estimate of drug-likeness (QED) is 0.708. The Labute approximate surface area is 138 Å². The van der Waals surface area contributed by atoms with Crippen molar-refractivity contribution in [3.05, 3.63) is 63.8 Å². The van der Waals surface area contributed by atoms with Gasteiger partial charge >= 0.3 is 0 Å². The summed E-state index contributed by atoms with van der Waals surface area (Å²) in [6.07, 6.45) is 0. The van der Waals surface area contributed by atoms with Crippen LogP contribution in [-0.2, 0) is 6.54 Å². The molecule has 0 fully saturated rings. The predicted octanol–water partition coefficient (Wildman–Crippen LogP) is 4.81. The first-order chi connectivity index (χ1) is 10.5. The van der Waals surface area contributed by atoms with Crippen LogP contribution in [0.15, 0.2) is 46.9 Å². The molecule has 0 saturated carbocycles. The number of pyridine rings is 1. The summed E-state index contributed by atoms with van der Waals surface area (Å²) >= 11 is 3.54. The number of halogens is 1. The molecule has 22 heavy (non-hydrogen) atoms. The van der Waals surface area contributed by atoms with Crippen LogP contribution in [0.25, 0.3) is 10.9 Å². The normalized spacial score (nSPS) is 10.9. The molecule has 3 rings (SSSR count). The second-order valence-electron chi connectivity index (χ2n) is 5.58. The van der Waals surface area contributed by atoms with Crippen molar-refractivity contribution in [2.45, 2.75) is 20.4 Å². The third-order valence-corrected chi connectivity index (χ3v) is 4.03. The largest absolute Gasteiger partial charge is 0.398 e. The van der Waals surface area contributed by atoms with Crippen LogP contribution in [0.1, 0.15) is 16.8 Å². The van der Waals surface area contributed by atoms with Crippen LogP contribution in [0.3, 0.4) is 0 Å². The van der Waals surface area contributed by atoms with Crippen LogP contribution in [0.4, 0.5) is 11.4 Å². The summed E-state index contributed by atoms with van der Waals surface area (Å²) in [4.78, 5) is 4.51. The molecule has 0 amide bonds. The van der Waals surface area contributed by atoms with Crippen molar-refractivity contribution < 1.29 is 0 Å². The smallest absolute Gasteiger partial charge is 0.0727 e. The van der Waals surface area contributed by atoms with Crippen molar-refractivity contribution in [1.29, 1.82) is 0 Å².